The van der Waals surface area contributed by atoms with Gasteiger partial charge in [0.1, 0.15) is 5.75 Å². The number of aliphatic carboxylic acids is 2. The van der Waals surface area contributed by atoms with E-state index in [1.165, 1.54) is 48.4 Å². The minimum Gasteiger partial charge on any atom is -0.496 e. The van der Waals surface area contributed by atoms with Crippen LogP contribution in [0.3, 0.4) is 0 Å². The summed E-state index contributed by atoms with van der Waals surface area (Å²) in [7, 11) is 1.74. The van der Waals surface area contributed by atoms with Crippen molar-refractivity contribution in [2.75, 3.05) is 7.11 Å². The predicted molar refractivity (Wildman–Crippen MR) is 99.5 cm³/mol. The molecule has 0 saturated heterocycles. The molecule has 3 rings (SSSR count). The fourth-order valence-electron chi connectivity index (χ4n) is 3.23. The highest BCUT2D eigenvalue weighted by atomic mass is 16.5. The maximum Gasteiger partial charge on any atom is 0.414 e. The van der Waals surface area contributed by atoms with Gasteiger partial charge in [-0.05, 0) is 29.9 Å². The lowest BCUT2D eigenvalue weighted by Crippen LogP contribution is -2.30. The van der Waals surface area contributed by atoms with E-state index in [4.69, 9.17) is 24.5 Å². The first-order valence-electron chi connectivity index (χ1n) is 8.77. The molecule has 0 heterocycles. The number of nitrogens with one attached hydrogen (secondary N) is 1. The van der Waals surface area contributed by atoms with Gasteiger partial charge < -0.3 is 20.3 Å². The number of benzene rings is 2. The lowest BCUT2D eigenvalue weighted by atomic mass is 9.95. The van der Waals surface area contributed by atoms with Gasteiger partial charge in [-0.25, -0.2) is 9.59 Å². The van der Waals surface area contributed by atoms with Crippen LogP contribution in [0.5, 0.6) is 5.75 Å². The Hall–Kier alpha value is -2.60. The Labute approximate surface area is 152 Å². The summed E-state index contributed by atoms with van der Waals surface area (Å²) in [6, 6.07) is 13.5. The summed E-state index contributed by atoms with van der Waals surface area (Å²) in [5.41, 5.74) is 1.37. The summed E-state index contributed by atoms with van der Waals surface area (Å²) in [6.07, 6.45) is 6.81. The van der Waals surface area contributed by atoms with Crippen molar-refractivity contribution in [1.29, 1.82) is 0 Å². The first-order chi connectivity index (χ1) is 12.5. The molecule has 3 N–H and O–H groups in total. The Morgan fingerprint density at radius 2 is 1.62 bits per heavy atom. The van der Waals surface area contributed by atoms with Gasteiger partial charge >= 0.3 is 11.9 Å². The SMILES string of the molecule is COc1ccc(CNC2CCCCC2)c2ccccc12.O=C(O)C(=O)O. The Balaban J connectivity index is 0.000000352. The third-order valence-electron chi connectivity index (χ3n) is 4.56. The first kappa shape index (κ1) is 19.7. The van der Waals surface area contributed by atoms with E-state index in [-0.39, 0.29) is 0 Å². The smallest absolute Gasteiger partial charge is 0.414 e. The molecule has 6 heteroatoms. The second-order valence-electron chi connectivity index (χ2n) is 6.30. The highest BCUT2D eigenvalue weighted by molar-refractivity contribution is 6.27. The summed E-state index contributed by atoms with van der Waals surface area (Å²) in [6.45, 7) is 0.954. The van der Waals surface area contributed by atoms with Crippen molar-refractivity contribution in [3.05, 3.63) is 42.0 Å². The van der Waals surface area contributed by atoms with Crippen molar-refractivity contribution in [3.63, 3.8) is 0 Å². The fourth-order valence-corrected chi connectivity index (χ4v) is 3.23. The third kappa shape index (κ3) is 5.46. The molecule has 0 radical (unpaired) electrons. The number of rotatable bonds is 4. The summed E-state index contributed by atoms with van der Waals surface area (Å²) in [5.74, 6) is -2.69. The van der Waals surface area contributed by atoms with Gasteiger partial charge in [0.25, 0.3) is 0 Å². The van der Waals surface area contributed by atoms with Crippen LogP contribution in [0.4, 0.5) is 0 Å². The number of carboxylic acids is 2. The molecule has 0 spiro atoms. The molecule has 1 aliphatic carbocycles. The molecular weight excluding hydrogens is 334 g/mol. The van der Waals surface area contributed by atoms with E-state index in [1.54, 1.807) is 7.11 Å². The second kappa shape index (κ2) is 9.77. The average Bonchev–Trinajstić information content (AvgIpc) is 2.67. The summed E-state index contributed by atoms with van der Waals surface area (Å²) >= 11 is 0. The molecule has 0 atom stereocenters. The summed E-state index contributed by atoms with van der Waals surface area (Å²) in [5, 5.41) is 21.0. The maximum atomic E-state index is 9.10. The van der Waals surface area contributed by atoms with Gasteiger partial charge in [0.05, 0.1) is 7.11 Å². The Morgan fingerprint density at radius 3 is 2.19 bits per heavy atom. The molecule has 0 aliphatic heterocycles. The van der Waals surface area contributed by atoms with Gasteiger partial charge in [0.15, 0.2) is 0 Å². The molecule has 0 bridgehead atoms. The first-order valence-corrected chi connectivity index (χ1v) is 8.77. The zero-order valence-corrected chi connectivity index (χ0v) is 14.9. The van der Waals surface area contributed by atoms with Crippen LogP contribution < -0.4 is 10.1 Å². The minimum atomic E-state index is -1.82. The van der Waals surface area contributed by atoms with Crippen molar-refractivity contribution in [1.82, 2.24) is 5.32 Å². The maximum absolute atomic E-state index is 9.10. The van der Waals surface area contributed by atoms with Crippen molar-refractivity contribution in [2.24, 2.45) is 0 Å². The molecule has 0 aromatic heterocycles. The highest BCUT2D eigenvalue weighted by Crippen LogP contribution is 2.28. The van der Waals surface area contributed by atoms with Crippen molar-refractivity contribution >= 4 is 22.7 Å². The Bertz CT molecular complexity index is 741. The lowest BCUT2D eigenvalue weighted by molar-refractivity contribution is -0.159. The van der Waals surface area contributed by atoms with Crippen LogP contribution in [0, 0.1) is 0 Å². The van der Waals surface area contributed by atoms with Crippen LogP contribution in [0.25, 0.3) is 10.8 Å². The van der Waals surface area contributed by atoms with E-state index >= 15 is 0 Å². The molecule has 26 heavy (non-hydrogen) atoms. The number of methoxy groups -OCH3 is 1. The molecule has 2 aromatic rings. The normalized spacial score (nSPS) is 14.3. The van der Waals surface area contributed by atoms with Crippen molar-refractivity contribution < 1.29 is 24.5 Å². The molecule has 0 amide bonds. The third-order valence-corrected chi connectivity index (χ3v) is 4.56. The largest absolute Gasteiger partial charge is 0.496 e. The number of hydrogen-bond donors (Lipinski definition) is 3. The molecule has 1 aliphatic rings. The standard InChI is InChI=1S/C18H23NO.C2H2O4/c1-20-18-12-11-14(16-9-5-6-10-17(16)18)13-19-15-7-3-2-4-8-15;3-1(4)2(5)6/h5-6,9-12,15,19H,2-4,7-8,13H2,1H3;(H,3,4)(H,5,6). The second-order valence-corrected chi connectivity index (χ2v) is 6.30. The van der Waals surface area contributed by atoms with Crippen LogP contribution >= 0.6 is 0 Å². The molecule has 1 fully saturated rings. The number of hydrogen-bond acceptors (Lipinski definition) is 4. The van der Waals surface area contributed by atoms with Crippen LogP contribution in [-0.4, -0.2) is 35.3 Å². The molecule has 140 valence electrons. The van der Waals surface area contributed by atoms with E-state index < -0.39 is 11.9 Å². The van der Waals surface area contributed by atoms with Crippen molar-refractivity contribution in [3.8, 4) is 5.75 Å². The highest BCUT2D eigenvalue weighted by Gasteiger charge is 2.13. The predicted octanol–water partition coefficient (Wildman–Crippen LogP) is 3.43. The van der Waals surface area contributed by atoms with E-state index in [1.807, 2.05) is 0 Å². The van der Waals surface area contributed by atoms with E-state index in [0.717, 1.165) is 12.3 Å². The molecule has 0 unspecified atom stereocenters. The van der Waals surface area contributed by atoms with Crippen molar-refractivity contribution in [2.45, 2.75) is 44.7 Å². The van der Waals surface area contributed by atoms with Crippen LogP contribution in [0.2, 0.25) is 0 Å². The summed E-state index contributed by atoms with van der Waals surface area (Å²) in [4.78, 5) is 18.2. The molecule has 2 aromatic carbocycles. The number of ether oxygens (including phenoxy) is 1. The lowest BCUT2D eigenvalue weighted by Gasteiger charge is -2.23. The van der Waals surface area contributed by atoms with E-state index in [2.05, 4.69) is 41.7 Å². The minimum absolute atomic E-state index is 0.699. The Morgan fingerprint density at radius 1 is 1.00 bits per heavy atom. The van der Waals surface area contributed by atoms with Crippen LogP contribution in [0.15, 0.2) is 36.4 Å². The number of fused-ring (bicyclic) bond motifs is 1. The van der Waals surface area contributed by atoms with Gasteiger partial charge in [-0.2, -0.15) is 0 Å². The topological polar surface area (TPSA) is 95.9 Å². The molecule has 6 nitrogen and oxygen atoms in total. The monoisotopic (exact) mass is 359 g/mol. The van der Waals surface area contributed by atoms with E-state index in [9.17, 15) is 0 Å². The molecular formula is C20H25NO5. The Kier molecular flexibility index (Phi) is 7.41. The number of carboxylic acid groups (broad SMARTS) is 2. The zero-order valence-electron chi connectivity index (χ0n) is 14.9. The average molecular weight is 359 g/mol. The van der Waals surface area contributed by atoms with Gasteiger partial charge in [-0.1, -0.05) is 49.6 Å². The fraction of sp³-hybridized carbons (Fsp3) is 0.400. The van der Waals surface area contributed by atoms with Crippen LogP contribution in [0.1, 0.15) is 37.7 Å². The quantitative estimate of drug-likeness (QED) is 0.724. The van der Waals surface area contributed by atoms with Gasteiger partial charge in [0.2, 0.25) is 0 Å². The van der Waals surface area contributed by atoms with Gasteiger partial charge in [-0.3, -0.25) is 0 Å². The molecule has 1 saturated carbocycles. The van der Waals surface area contributed by atoms with E-state index in [0.29, 0.717) is 6.04 Å². The number of carbonyl (C=O) groups is 2. The summed E-state index contributed by atoms with van der Waals surface area (Å²) < 4.78 is 5.46. The zero-order chi connectivity index (χ0) is 18.9. The van der Waals surface area contributed by atoms with Gasteiger partial charge in [0, 0.05) is 18.0 Å². The van der Waals surface area contributed by atoms with Crippen LogP contribution in [-0.2, 0) is 16.1 Å². The van der Waals surface area contributed by atoms with Gasteiger partial charge in [-0.15, -0.1) is 0 Å².